The molecule has 0 saturated carbocycles. The molecule has 1 aliphatic rings. The third-order valence-electron chi connectivity index (χ3n) is 4.15. The highest BCUT2D eigenvalue weighted by Gasteiger charge is 2.15. The average molecular weight is 269 g/mol. The maximum atomic E-state index is 6.14. The lowest BCUT2D eigenvalue weighted by molar-refractivity contribution is 0.579. The fourth-order valence-electron chi connectivity index (χ4n) is 3.10. The number of fused-ring (bicyclic) bond motifs is 1. The van der Waals surface area contributed by atoms with E-state index < -0.39 is 0 Å². The first-order valence-corrected chi connectivity index (χ1v) is 7.72. The number of nitrogens with two attached hydrogens (primary N) is 1. The van der Waals surface area contributed by atoms with Crippen molar-refractivity contribution in [1.82, 2.24) is 4.98 Å². The minimum absolute atomic E-state index is 0.698. The van der Waals surface area contributed by atoms with E-state index >= 15 is 0 Å². The molecule has 3 rings (SSSR count). The third-order valence-corrected chi connectivity index (χ3v) is 4.15. The second-order valence-electron chi connectivity index (χ2n) is 5.68. The molecular weight excluding hydrogens is 246 g/mol. The zero-order chi connectivity index (χ0) is 13.9. The molecule has 0 unspecified atom stereocenters. The number of hydrogen-bond acceptors (Lipinski definition) is 3. The van der Waals surface area contributed by atoms with Gasteiger partial charge in [-0.05, 0) is 43.4 Å². The van der Waals surface area contributed by atoms with Crippen molar-refractivity contribution in [2.45, 2.75) is 39.0 Å². The molecule has 2 heterocycles. The summed E-state index contributed by atoms with van der Waals surface area (Å²) >= 11 is 0. The fraction of sp³-hybridized carbons (Fsp3) is 0.471. The fourth-order valence-corrected chi connectivity index (χ4v) is 3.10. The maximum absolute atomic E-state index is 6.14. The first-order valence-electron chi connectivity index (χ1n) is 7.72. The summed E-state index contributed by atoms with van der Waals surface area (Å²) in [6, 6.07) is 8.68. The van der Waals surface area contributed by atoms with Gasteiger partial charge in [0.1, 0.15) is 5.82 Å². The van der Waals surface area contributed by atoms with Crippen LogP contribution in [0, 0.1) is 0 Å². The van der Waals surface area contributed by atoms with E-state index in [9.17, 15) is 0 Å². The number of benzene rings is 1. The van der Waals surface area contributed by atoms with Crippen LogP contribution in [0.1, 0.15) is 38.2 Å². The van der Waals surface area contributed by atoms with Gasteiger partial charge in [-0.25, -0.2) is 4.98 Å². The molecule has 1 aromatic carbocycles. The van der Waals surface area contributed by atoms with Crippen molar-refractivity contribution in [3.63, 3.8) is 0 Å². The molecule has 0 amide bonds. The predicted octanol–water partition coefficient (Wildman–Crippen LogP) is 3.76. The Morgan fingerprint density at radius 2 is 2.00 bits per heavy atom. The van der Waals surface area contributed by atoms with E-state index in [0.717, 1.165) is 31.4 Å². The highest BCUT2D eigenvalue weighted by atomic mass is 15.1. The molecule has 0 atom stereocenters. The smallest absolute Gasteiger partial charge is 0.127 e. The van der Waals surface area contributed by atoms with Gasteiger partial charge in [-0.15, -0.1) is 0 Å². The van der Waals surface area contributed by atoms with Crippen LogP contribution in [0.4, 0.5) is 11.5 Å². The first-order chi connectivity index (χ1) is 9.79. The van der Waals surface area contributed by atoms with Crippen LogP contribution >= 0.6 is 0 Å². The molecule has 1 aromatic heterocycles. The van der Waals surface area contributed by atoms with Crippen molar-refractivity contribution in [2.24, 2.45) is 0 Å². The minimum atomic E-state index is 0.698. The van der Waals surface area contributed by atoms with Crippen LogP contribution in [0.15, 0.2) is 24.3 Å². The normalized spacial score (nSPS) is 15.8. The Balaban J connectivity index is 2.06. The average Bonchev–Trinajstić information content (AvgIpc) is 2.49. The van der Waals surface area contributed by atoms with Crippen molar-refractivity contribution in [1.29, 1.82) is 0 Å². The third kappa shape index (κ3) is 2.45. The Hall–Kier alpha value is -1.77. The van der Waals surface area contributed by atoms with Gasteiger partial charge in [0.05, 0.1) is 11.2 Å². The topological polar surface area (TPSA) is 42.2 Å². The van der Waals surface area contributed by atoms with Gasteiger partial charge in [0.25, 0.3) is 0 Å². The monoisotopic (exact) mass is 269 g/mol. The van der Waals surface area contributed by atoms with Gasteiger partial charge in [-0.3, -0.25) is 0 Å². The Morgan fingerprint density at radius 1 is 1.20 bits per heavy atom. The van der Waals surface area contributed by atoms with E-state index in [1.54, 1.807) is 0 Å². The molecule has 3 nitrogen and oxygen atoms in total. The van der Waals surface area contributed by atoms with Gasteiger partial charge in [-0.1, -0.05) is 25.5 Å². The van der Waals surface area contributed by atoms with E-state index in [4.69, 9.17) is 10.7 Å². The molecule has 3 heteroatoms. The standard InChI is InChI=1S/C17H23N3/c1-2-7-14-12-13-8-6-9-15(16(13)19-17(14)18)20-10-4-3-5-11-20/h6,8-9,12H,2-5,7,10-11H2,1H3,(H2,18,19). The van der Waals surface area contributed by atoms with Crippen molar-refractivity contribution < 1.29 is 0 Å². The SMILES string of the molecule is CCCc1cc2cccc(N3CCCCC3)c2nc1N. The number of pyridine rings is 1. The summed E-state index contributed by atoms with van der Waals surface area (Å²) in [7, 11) is 0. The number of rotatable bonds is 3. The highest BCUT2D eigenvalue weighted by molar-refractivity contribution is 5.92. The van der Waals surface area contributed by atoms with Crippen LogP contribution < -0.4 is 10.6 Å². The molecule has 2 N–H and O–H groups in total. The lowest BCUT2D eigenvalue weighted by Crippen LogP contribution is -2.29. The molecule has 20 heavy (non-hydrogen) atoms. The first kappa shape index (κ1) is 13.2. The van der Waals surface area contributed by atoms with Crippen LogP contribution in [0.25, 0.3) is 10.9 Å². The molecule has 0 aliphatic carbocycles. The molecule has 0 radical (unpaired) electrons. The molecule has 106 valence electrons. The molecule has 0 bridgehead atoms. The quantitative estimate of drug-likeness (QED) is 0.922. The number of aromatic nitrogens is 1. The molecule has 1 saturated heterocycles. The van der Waals surface area contributed by atoms with Crippen molar-refractivity contribution in [3.8, 4) is 0 Å². The van der Waals surface area contributed by atoms with E-state index in [-0.39, 0.29) is 0 Å². The zero-order valence-electron chi connectivity index (χ0n) is 12.2. The second kappa shape index (κ2) is 5.70. The molecule has 0 spiro atoms. The predicted molar refractivity (Wildman–Crippen MR) is 86.2 cm³/mol. The second-order valence-corrected chi connectivity index (χ2v) is 5.68. The lowest BCUT2D eigenvalue weighted by Gasteiger charge is -2.29. The Morgan fingerprint density at radius 3 is 2.75 bits per heavy atom. The highest BCUT2D eigenvalue weighted by Crippen LogP contribution is 2.30. The number of nitrogen functional groups attached to an aromatic ring is 1. The van der Waals surface area contributed by atoms with Crippen LogP contribution in [0.5, 0.6) is 0 Å². The number of aryl methyl sites for hydroxylation is 1. The van der Waals surface area contributed by atoms with Crippen LogP contribution in [-0.4, -0.2) is 18.1 Å². The number of anilines is 2. The minimum Gasteiger partial charge on any atom is -0.383 e. The van der Waals surface area contributed by atoms with Crippen LogP contribution in [0.2, 0.25) is 0 Å². The summed E-state index contributed by atoms with van der Waals surface area (Å²) in [6.45, 7) is 4.45. The van der Waals surface area contributed by atoms with E-state index in [0.29, 0.717) is 5.82 Å². The number of hydrogen-bond donors (Lipinski definition) is 1. The van der Waals surface area contributed by atoms with Gasteiger partial charge in [0.2, 0.25) is 0 Å². The molecule has 1 aliphatic heterocycles. The van der Waals surface area contributed by atoms with Gasteiger partial charge in [-0.2, -0.15) is 0 Å². The summed E-state index contributed by atoms with van der Waals surface area (Å²) < 4.78 is 0. The number of para-hydroxylation sites is 1. The summed E-state index contributed by atoms with van der Waals surface area (Å²) in [6.07, 6.45) is 6.00. The van der Waals surface area contributed by atoms with E-state index in [1.165, 1.54) is 35.9 Å². The molecule has 2 aromatic rings. The van der Waals surface area contributed by atoms with Gasteiger partial charge in [0.15, 0.2) is 0 Å². The summed E-state index contributed by atoms with van der Waals surface area (Å²) in [5.41, 5.74) is 9.63. The van der Waals surface area contributed by atoms with Gasteiger partial charge in [0, 0.05) is 18.5 Å². The Kier molecular flexibility index (Phi) is 3.77. The van der Waals surface area contributed by atoms with Crippen LogP contribution in [0.3, 0.4) is 0 Å². The summed E-state index contributed by atoms with van der Waals surface area (Å²) in [5.74, 6) is 0.698. The number of nitrogens with zero attached hydrogens (tertiary/aromatic N) is 2. The molecular formula is C17H23N3. The zero-order valence-corrected chi connectivity index (χ0v) is 12.2. The van der Waals surface area contributed by atoms with Gasteiger partial charge < -0.3 is 10.6 Å². The van der Waals surface area contributed by atoms with Crippen molar-refractivity contribution in [3.05, 3.63) is 29.8 Å². The van der Waals surface area contributed by atoms with E-state index in [2.05, 4.69) is 36.1 Å². The summed E-state index contributed by atoms with van der Waals surface area (Å²) in [4.78, 5) is 7.16. The Bertz CT molecular complexity index is 600. The van der Waals surface area contributed by atoms with Gasteiger partial charge >= 0.3 is 0 Å². The Labute approximate surface area is 120 Å². The molecule has 1 fully saturated rings. The maximum Gasteiger partial charge on any atom is 0.127 e. The van der Waals surface area contributed by atoms with E-state index in [1.807, 2.05) is 0 Å². The van der Waals surface area contributed by atoms with Crippen molar-refractivity contribution in [2.75, 3.05) is 23.7 Å². The lowest BCUT2D eigenvalue weighted by atomic mass is 10.1. The van der Waals surface area contributed by atoms with Crippen LogP contribution in [-0.2, 0) is 6.42 Å². The number of piperidine rings is 1. The largest absolute Gasteiger partial charge is 0.383 e. The summed E-state index contributed by atoms with van der Waals surface area (Å²) in [5, 5.41) is 1.21. The van der Waals surface area contributed by atoms with Crippen molar-refractivity contribution >= 4 is 22.4 Å².